The standard InChI is InChI=1S/C8HCl4NO2.Na/c9-4-2(1-13)3(8(14)15)5(10)7(12)6(4)11;/h(H,14,15);/q;+1/p-1. The van der Waals surface area contributed by atoms with Gasteiger partial charge >= 0.3 is 29.6 Å². The van der Waals surface area contributed by atoms with Crippen molar-refractivity contribution in [2.24, 2.45) is 0 Å². The van der Waals surface area contributed by atoms with Crippen LogP contribution in [0.1, 0.15) is 15.9 Å². The first kappa shape index (κ1) is 16.3. The molecule has 0 saturated heterocycles. The minimum atomic E-state index is -1.64. The van der Waals surface area contributed by atoms with Gasteiger partial charge in [-0.05, 0) is 0 Å². The molecule has 0 atom stereocenters. The van der Waals surface area contributed by atoms with Crippen LogP contribution < -0.4 is 34.7 Å². The molecule has 3 nitrogen and oxygen atoms in total. The van der Waals surface area contributed by atoms with Crippen molar-refractivity contribution in [2.45, 2.75) is 0 Å². The van der Waals surface area contributed by atoms with Gasteiger partial charge in [0, 0.05) is 5.56 Å². The van der Waals surface area contributed by atoms with Gasteiger partial charge in [-0.1, -0.05) is 46.4 Å². The molecule has 1 aromatic rings. The number of nitriles is 1. The Balaban J connectivity index is 0.00000225. The van der Waals surface area contributed by atoms with Crippen LogP contribution in [0.15, 0.2) is 0 Å². The molecule has 8 heteroatoms. The second-order valence-electron chi connectivity index (χ2n) is 2.41. The first-order valence-electron chi connectivity index (χ1n) is 3.39. The fourth-order valence-electron chi connectivity index (χ4n) is 0.928. The van der Waals surface area contributed by atoms with E-state index in [1.54, 1.807) is 6.07 Å². The zero-order valence-corrected chi connectivity index (χ0v) is 12.8. The molecule has 0 fully saturated rings. The molecule has 0 heterocycles. The van der Waals surface area contributed by atoms with Crippen molar-refractivity contribution in [3.8, 4) is 6.07 Å². The van der Waals surface area contributed by atoms with Crippen LogP contribution in [-0.4, -0.2) is 5.97 Å². The van der Waals surface area contributed by atoms with Crippen molar-refractivity contribution in [3.63, 3.8) is 0 Å². The minimum Gasteiger partial charge on any atom is -0.545 e. The Bertz CT molecular complexity index is 498. The summed E-state index contributed by atoms with van der Waals surface area (Å²) in [7, 11) is 0. The Morgan fingerprint density at radius 1 is 1.06 bits per heavy atom. The maximum atomic E-state index is 10.7. The molecule has 0 unspecified atom stereocenters. The Hall–Kier alpha value is 0.340. The Labute approximate surface area is 133 Å². The smallest absolute Gasteiger partial charge is 0.545 e. The van der Waals surface area contributed by atoms with Crippen LogP contribution in [0.2, 0.25) is 20.1 Å². The molecule has 16 heavy (non-hydrogen) atoms. The maximum Gasteiger partial charge on any atom is 1.00 e. The van der Waals surface area contributed by atoms with E-state index in [2.05, 4.69) is 0 Å². The average Bonchev–Trinajstić information content (AvgIpc) is 2.19. The van der Waals surface area contributed by atoms with Crippen molar-refractivity contribution in [1.82, 2.24) is 0 Å². The molecule has 0 aromatic heterocycles. The fraction of sp³-hybridized carbons (Fsp3) is 0. The number of halogens is 4. The second-order valence-corrected chi connectivity index (χ2v) is 3.92. The summed E-state index contributed by atoms with van der Waals surface area (Å²) in [6, 6.07) is 1.57. The van der Waals surface area contributed by atoms with Gasteiger partial charge in [-0.3, -0.25) is 0 Å². The number of carbonyl (C=O) groups is 1. The van der Waals surface area contributed by atoms with Crippen LogP contribution in [0.5, 0.6) is 0 Å². The normalized spacial score (nSPS) is 9.19. The molecule has 78 valence electrons. The van der Waals surface area contributed by atoms with E-state index in [1.807, 2.05) is 0 Å². The third-order valence-electron chi connectivity index (χ3n) is 1.58. The predicted octanol–water partition coefficient (Wildman–Crippen LogP) is -0.461. The number of rotatable bonds is 1. The van der Waals surface area contributed by atoms with Gasteiger partial charge in [0.2, 0.25) is 0 Å². The molecule has 0 amide bonds. The molecule has 0 saturated carbocycles. The summed E-state index contributed by atoms with van der Waals surface area (Å²) in [5.41, 5.74) is -0.922. The third kappa shape index (κ3) is 2.77. The number of hydrogen-bond acceptors (Lipinski definition) is 3. The minimum absolute atomic E-state index is 0. The number of aromatic carboxylic acids is 1. The van der Waals surface area contributed by atoms with Gasteiger partial charge in [-0.25, -0.2) is 0 Å². The SMILES string of the molecule is N#Cc1c(Cl)c(Cl)c(Cl)c(Cl)c1C(=O)[O-].[Na+]. The molecule has 0 aliphatic rings. The van der Waals surface area contributed by atoms with Crippen LogP contribution in [0.4, 0.5) is 0 Å². The molecule has 0 aliphatic carbocycles. The molecule has 0 spiro atoms. The van der Waals surface area contributed by atoms with Gasteiger partial charge in [0.25, 0.3) is 0 Å². The topological polar surface area (TPSA) is 63.9 Å². The molecule has 0 N–H and O–H groups in total. The van der Waals surface area contributed by atoms with Gasteiger partial charge in [-0.15, -0.1) is 0 Å². The van der Waals surface area contributed by atoms with Crippen LogP contribution in [0.25, 0.3) is 0 Å². The van der Waals surface area contributed by atoms with Crippen molar-refractivity contribution in [3.05, 3.63) is 31.2 Å². The molecular formula is C8Cl4NNaO2. The molecule has 0 bridgehead atoms. The van der Waals surface area contributed by atoms with Gasteiger partial charge in [0.1, 0.15) is 6.07 Å². The number of carbonyl (C=O) groups excluding carboxylic acids is 1. The third-order valence-corrected chi connectivity index (χ3v) is 3.39. The van der Waals surface area contributed by atoms with Gasteiger partial charge in [0.05, 0.1) is 31.6 Å². The largest absolute Gasteiger partial charge is 1.00 e. The van der Waals surface area contributed by atoms with Crippen molar-refractivity contribution < 1.29 is 39.5 Å². The summed E-state index contributed by atoms with van der Waals surface area (Å²) < 4.78 is 0. The van der Waals surface area contributed by atoms with Gasteiger partial charge in [-0.2, -0.15) is 5.26 Å². The van der Waals surface area contributed by atoms with Crippen LogP contribution in [0.3, 0.4) is 0 Å². The maximum absolute atomic E-state index is 10.7. The number of hydrogen-bond donors (Lipinski definition) is 0. The van der Waals surface area contributed by atoms with E-state index in [4.69, 9.17) is 51.7 Å². The van der Waals surface area contributed by atoms with E-state index in [-0.39, 0.29) is 55.2 Å². The monoisotopic (exact) mass is 305 g/mol. The Morgan fingerprint density at radius 3 is 1.88 bits per heavy atom. The summed E-state index contributed by atoms with van der Waals surface area (Å²) in [5.74, 6) is -1.64. The first-order chi connectivity index (χ1) is 6.91. The Morgan fingerprint density at radius 2 is 1.50 bits per heavy atom. The molecular weight excluding hydrogens is 307 g/mol. The van der Waals surface area contributed by atoms with Crippen LogP contribution in [0, 0.1) is 11.3 Å². The van der Waals surface area contributed by atoms with Crippen LogP contribution >= 0.6 is 46.4 Å². The van der Waals surface area contributed by atoms with E-state index in [1.165, 1.54) is 0 Å². The number of nitrogens with zero attached hydrogens (tertiary/aromatic N) is 1. The van der Waals surface area contributed by atoms with Gasteiger partial charge < -0.3 is 9.90 Å². The van der Waals surface area contributed by atoms with Gasteiger partial charge in [0.15, 0.2) is 0 Å². The van der Waals surface area contributed by atoms with E-state index >= 15 is 0 Å². The summed E-state index contributed by atoms with van der Waals surface area (Å²) in [6.45, 7) is 0. The molecule has 1 aromatic carbocycles. The van der Waals surface area contributed by atoms with Crippen molar-refractivity contribution in [1.29, 1.82) is 5.26 Å². The number of carboxylic acid groups (broad SMARTS) is 1. The molecule has 1 rings (SSSR count). The summed E-state index contributed by atoms with van der Waals surface area (Å²) in [6.07, 6.45) is 0. The first-order valence-corrected chi connectivity index (χ1v) is 4.90. The van der Waals surface area contributed by atoms with E-state index in [0.29, 0.717) is 0 Å². The average molecular weight is 307 g/mol. The summed E-state index contributed by atoms with van der Waals surface area (Å²) >= 11 is 22.5. The quantitative estimate of drug-likeness (QED) is 0.401. The predicted molar refractivity (Wildman–Crippen MR) is 55.5 cm³/mol. The number of carboxylic acids is 1. The summed E-state index contributed by atoms with van der Waals surface area (Å²) in [4.78, 5) is 10.7. The van der Waals surface area contributed by atoms with E-state index < -0.39 is 11.5 Å². The Kier molecular flexibility index (Phi) is 6.45. The van der Waals surface area contributed by atoms with E-state index in [9.17, 15) is 9.90 Å². The van der Waals surface area contributed by atoms with Crippen molar-refractivity contribution >= 4 is 52.4 Å². The number of benzene rings is 1. The fourth-order valence-corrected chi connectivity index (χ4v) is 1.90. The zero-order valence-electron chi connectivity index (χ0n) is 7.78. The molecule has 0 aliphatic heterocycles. The molecule has 0 radical (unpaired) electrons. The van der Waals surface area contributed by atoms with E-state index in [0.717, 1.165) is 0 Å². The summed E-state index contributed by atoms with van der Waals surface area (Å²) in [5, 5.41) is 18.4. The zero-order chi connectivity index (χ0) is 11.7. The van der Waals surface area contributed by atoms with Crippen molar-refractivity contribution in [2.75, 3.05) is 0 Å². The van der Waals surface area contributed by atoms with Crippen LogP contribution in [-0.2, 0) is 0 Å². The second kappa shape index (κ2) is 6.32.